The predicted octanol–water partition coefficient (Wildman–Crippen LogP) is 3.09. The van der Waals surface area contributed by atoms with E-state index in [1.54, 1.807) is 0 Å². The van der Waals surface area contributed by atoms with Crippen LogP contribution in [0.5, 0.6) is 0 Å². The highest BCUT2D eigenvalue weighted by Gasteiger charge is 2.25. The highest BCUT2D eigenvalue weighted by molar-refractivity contribution is 6.45. The van der Waals surface area contributed by atoms with Crippen LogP contribution in [-0.4, -0.2) is 12.1 Å². The number of benzene rings is 1. The molecule has 4 N–H and O–H groups in total. The van der Waals surface area contributed by atoms with E-state index in [1.807, 2.05) is 5.43 Å². The number of hydrogen-bond donors (Lipinski definition) is 2. The monoisotopic (exact) mass is 379 g/mol. The van der Waals surface area contributed by atoms with Crippen molar-refractivity contribution < 1.29 is 18.6 Å². The van der Waals surface area contributed by atoms with Gasteiger partial charge >= 0.3 is 5.91 Å². The van der Waals surface area contributed by atoms with E-state index < -0.39 is 23.1 Å². The van der Waals surface area contributed by atoms with Gasteiger partial charge in [-0.25, -0.2) is 14.2 Å². The zero-order chi connectivity index (χ0) is 17.1. The van der Waals surface area contributed by atoms with Gasteiger partial charge in [-0.3, -0.25) is 4.79 Å². The summed E-state index contributed by atoms with van der Waals surface area (Å²) in [5.74, 6) is -2.48. The second-order valence-electron chi connectivity index (χ2n) is 4.19. The Balaban J connectivity index is 2.22. The van der Waals surface area contributed by atoms with Gasteiger partial charge in [0.25, 0.3) is 10.8 Å². The number of H-pyrrole nitrogens is 1. The number of hydrogen-bond acceptors (Lipinski definition) is 3. The summed E-state index contributed by atoms with van der Waals surface area (Å²) in [4.78, 5) is 14.4. The second-order valence-corrected chi connectivity index (χ2v) is 5.32. The molecule has 0 atom stereocenters. The maximum Gasteiger partial charge on any atom is 0.337 e. The molecule has 2 rings (SSSR count). The molecule has 0 fully saturated rings. The number of nitrogens with one attached hydrogen (secondary N) is 2. The van der Waals surface area contributed by atoms with Crippen molar-refractivity contribution in [1.29, 1.82) is 0 Å². The molecule has 1 aromatic carbocycles. The Morgan fingerprint density at radius 2 is 1.83 bits per heavy atom. The first-order valence-electron chi connectivity index (χ1n) is 5.95. The summed E-state index contributed by atoms with van der Waals surface area (Å²) in [6.07, 6.45) is 0.817. The maximum absolute atomic E-state index is 13.4. The molecule has 0 saturated heterocycles. The lowest BCUT2D eigenvalue weighted by molar-refractivity contribution is -0.379. The van der Waals surface area contributed by atoms with Gasteiger partial charge in [-0.15, -0.1) is 0 Å². The molecule has 10 heteroatoms. The van der Waals surface area contributed by atoms with Gasteiger partial charge in [-0.1, -0.05) is 29.3 Å². The van der Waals surface area contributed by atoms with Crippen molar-refractivity contribution in [3.63, 3.8) is 0 Å². The third-order valence-corrected chi connectivity index (χ3v) is 3.87. The number of nitrogen functional groups attached to an aromatic ring is 1. The van der Waals surface area contributed by atoms with Gasteiger partial charge in [-0.2, -0.15) is 10.1 Å². The zero-order valence-corrected chi connectivity index (χ0v) is 13.4. The molecule has 0 aliphatic heterocycles. The summed E-state index contributed by atoms with van der Waals surface area (Å²) in [6, 6.07) is 3.31. The fourth-order valence-corrected chi connectivity index (χ4v) is 2.18. The minimum absolute atomic E-state index is 0.0369. The Morgan fingerprint density at radius 1 is 1.22 bits per heavy atom. The number of nitrogens with two attached hydrogens (primary N) is 1. The molecule has 0 saturated carbocycles. The third-order valence-electron chi connectivity index (χ3n) is 2.71. The van der Waals surface area contributed by atoms with Gasteiger partial charge in [0.1, 0.15) is 21.7 Å². The summed E-state index contributed by atoms with van der Waals surface area (Å²) in [7, 11) is 0. The molecule has 0 bridgehead atoms. The predicted molar refractivity (Wildman–Crippen MR) is 83.9 cm³/mol. The van der Waals surface area contributed by atoms with Crippen LogP contribution in [0.25, 0.3) is 0 Å². The Labute approximate surface area is 144 Å². The lowest BCUT2D eigenvalue weighted by Crippen LogP contribution is -2.28. The van der Waals surface area contributed by atoms with Gasteiger partial charge in [-0.05, 0) is 23.7 Å². The number of pyridine rings is 1. The Morgan fingerprint density at radius 3 is 2.43 bits per heavy atom. The lowest BCUT2D eigenvalue weighted by atomic mass is 10.2. The number of aromatic nitrogens is 1. The van der Waals surface area contributed by atoms with E-state index in [4.69, 9.17) is 40.5 Å². The van der Waals surface area contributed by atoms with E-state index in [1.165, 1.54) is 6.07 Å². The first-order chi connectivity index (χ1) is 10.8. The highest BCUT2D eigenvalue weighted by Crippen LogP contribution is 2.31. The fraction of sp³-hybridized carbons (Fsp3) is 0. The lowest BCUT2D eigenvalue weighted by Gasteiger charge is -2.03. The van der Waals surface area contributed by atoms with Crippen molar-refractivity contribution in [2.24, 2.45) is 5.10 Å². The quantitative estimate of drug-likeness (QED) is 0.487. The Bertz CT molecular complexity index is 794. The van der Waals surface area contributed by atoms with E-state index in [2.05, 4.69) is 10.1 Å². The summed E-state index contributed by atoms with van der Waals surface area (Å²) < 4.78 is 26.8. The number of anilines is 1. The van der Waals surface area contributed by atoms with Crippen LogP contribution < -0.4 is 16.1 Å². The smallest absolute Gasteiger partial charge is 0.337 e. The van der Waals surface area contributed by atoms with Crippen molar-refractivity contribution in [1.82, 2.24) is 5.43 Å². The molecular formula is C13H8Cl3F2N4O+. The molecule has 2 aromatic rings. The number of carbonyl (C=O) groups is 1. The zero-order valence-electron chi connectivity index (χ0n) is 11.1. The van der Waals surface area contributed by atoms with Crippen LogP contribution in [0.2, 0.25) is 15.2 Å². The minimum atomic E-state index is -0.827. The average Bonchev–Trinajstić information content (AvgIpc) is 2.51. The normalized spacial score (nSPS) is 11.0. The van der Waals surface area contributed by atoms with Crippen LogP contribution >= 0.6 is 34.8 Å². The molecule has 5 nitrogen and oxygen atoms in total. The molecular weight excluding hydrogens is 373 g/mol. The van der Waals surface area contributed by atoms with Gasteiger partial charge in [0.2, 0.25) is 0 Å². The van der Waals surface area contributed by atoms with Crippen molar-refractivity contribution >= 4 is 52.6 Å². The van der Waals surface area contributed by atoms with Crippen molar-refractivity contribution in [2.45, 2.75) is 0 Å². The Hall–Kier alpha value is -1.96. The van der Waals surface area contributed by atoms with Gasteiger partial charge in [0.15, 0.2) is 0 Å². The van der Waals surface area contributed by atoms with E-state index >= 15 is 0 Å². The van der Waals surface area contributed by atoms with Gasteiger partial charge in [0, 0.05) is 0 Å². The summed E-state index contributed by atoms with van der Waals surface area (Å²) in [5.41, 5.74) is 6.93. The summed E-state index contributed by atoms with van der Waals surface area (Å²) >= 11 is 17.4. The van der Waals surface area contributed by atoms with Crippen LogP contribution in [0.1, 0.15) is 16.1 Å². The topological polar surface area (TPSA) is 81.6 Å². The molecule has 0 aliphatic carbocycles. The molecule has 1 aromatic heterocycles. The summed E-state index contributed by atoms with van der Waals surface area (Å²) in [6.45, 7) is 0. The standard InChI is InChI=1S/C13H7Cl3F2N4O/c14-8-10(19)9(15)12(16)21-11(8)13(23)22-20-4-5-6(17)2-1-3-7(5)18/h1-4H,(H2,19,21)(H,22,23)/p+1/b20-4+. The van der Waals surface area contributed by atoms with Crippen LogP contribution in [0.15, 0.2) is 23.3 Å². The molecule has 1 amide bonds. The SMILES string of the molecule is Nc1c(Cl)c(Cl)[nH+]c(C(=O)N/N=C/c2c(F)cccc2F)c1Cl. The van der Waals surface area contributed by atoms with Crippen LogP contribution in [0, 0.1) is 11.6 Å². The number of aromatic amines is 1. The number of halogens is 5. The fourth-order valence-electron chi connectivity index (χ4n) is 1.57. The van der Waals surface area contributed by atoms with Crippen molar-refractivity contribution in [3.05, 3.63) is 56.3 Å². The number of rotatable bonds is 3. The summed E-state index contributed by atoms with van der Waals surface area (Å²) in [5, 5.41) is 3.17. The van der Waals surface area contributed by atoms with E-state index in [9.17, 15) is 13.6 Å². The van der Waals surface area contributed by atoms with Crippen molar-refractivity contribution in [2.75, 3.05) is 5.73 Å². The van der Waals surface area contributed by atoms with Gasteiger partial charge in [0.05, 0.1) is 17.5 Å². The first kappa shape index (κ1) is 17.4. The van der Waals surface area contributed by atoms with Crippen LogP contribution in [-0.2, 0) is 0 Å². The molecule has 120 valence electrons. The van der Waals surface area contributed by atoms with Crippen molar-refractivity contribution in [3.8, 4) is 0 Å². The van der Waals surface area contributed by atoms with Gasteiger partial charge < -0.3 is 5.73 Å². The maximum atomic E-state index is 13.4. The largest absolute Gasteiger partial charge is 0.396 e. The molecule has 0 unspecified atom stereocenters. The number of hydrazone groups is 1. The third kappa shape index (κ3) is 3.69. The first-order valence-corrected chi connectivity index (χ1v) is 7.09. The van der Waals surface area contributed by atoms with Crippen LogP contribution in [0.3, 0.4) is 0 Å². The number of nitrogens with zero attached hydrogens (tertiary/aromatic N) is 1. The molecule has 0 spiro atoms. The average molecular weight is 381 g/mol. The second kappa shape index (κ2) is 7.08. The molecule has 0 aliphatic rings. The van der Waals surface area contributed by atoms with E-state index in [0.717, 1.165) is 18.3 Å². The molecule has 23 heavy (non-hydrogen) atoms. The number of amides is 1. The minimum Gasteiger partial charge on any atom is -0.396 e. The number of carbonyl (C=O) groups excluding carboxylic acids is 1. The van der Waals surface area contributed by atoms with E-state index in [-0.39, 0.29) is 26.6 Å². The van der Waals surface area contributed by atoms with Crippen LogP contribution in [0.4, 0.5) is 14.5 Å². The Kier molecular flexibility index (Phi) is 5.35. The van der Waals surface area contributed by atoms with E-state index in [0.29, 0.717) is 0 Å². The highest BCUT2D eigenvalue weighted by atomic mass is 35.5. The molecule has 1 heterocycles. The molecule has 0 radical (unpaired) electrons.